The fraction of sp³-hybridized carbons (Fsp3) is 0.200. The SMILES string of the molecule is CN(c1ccccc1)S(=O)(=O)CCOc1ccc([N+](=O)[O-])cc1. The molecule has 0 bridgehead atoms. The fourth-order valence-electron chi connectivity index (χ4n) is 1.86. The van der Waals surface area contributed by atoms with Gasteiger partial charge in [-0.15, -0.1) is 0 Å². The van der Waals surface area contributed by atoms with Crippen LogP contribution in [0.2, 0.25) is 0 Å². The highest BCUT2D eigenvalue weighted by Crippen LogP contribution is 2.18. The summed E-state index contributed by atoms with van der Waals surface area (Å²) in [5, 5.41) is 10.5. The molecule has 0 amide bonds. The minimum absolute atomic E-state index is 0.0443. The van der Waals surface area contributed by atoms with Crippen molar-refractivity contribution in [3.8, 4) is 5.75 Å². The molecule has 0 fully saturated rings. The van der Waals surface area contributed by atoms with Gasteiger partial charge in [-0.05, 0) is 24.3 Å². The van der Waals surface area contributed by atoms with Crippen molar-refractivity contribution in [2.75, 3.05) is 23.7 Å². The van der Waals surface area contributed by atoms with Crippen molar-refractivity contribution in [1.82, 2.24) is 0 Å². The summed E-state index contributed by atoms with van der Waals surface area (Å²) in [5.41, 5.74) is 0.525. The van der Waals surface area contributed by atoms with Gasteiger partial charge in [0.15, 0.2) is 0 Å². The van der Waals surface area contributed by atoms with E-state index in [1.54, 1.807) is 24.3 Å². The fourth-order valence-corrected chi connectivity index (χ4v) is 2.88. The quantitative estimate of drug-likeness (QED) is 0.572. The second-order valence-corrected chi connectivity index (χ2v) is 6.84. The summed E-state index contributed by atoms with van der Waals surface area (Å²) in [6.07, 6.45) is 0. The van der Waals surface area contributed by atoms with Crippen molar-refractivity contribution >= 4 is 21.4 Å². The van der Waals surface area contributed by atoms with Gasteiger partial charge in [-0.1, -0.05) is 18.2 Å². The van der Waals surface area contributed by atoms with E-state index in [0.29, 0.717) is 11.4 Å². The summed E-state index contributed by atoms with van der Waals surface area (Å²) in [5.74, 6) is 0.184. The Hall–Kier alpha value is -2.61. The number of non-ortho nitro benzene ring substituents is 1. The molecule has 0 aliphatic carbocycles. The number of nitro benzene ring substituents is 1. The Kier molecular flexibility index (Phi) is 5.17. The molecule has 2 aromatic carbocycles. The minimum atomic E-state index is -3.50. The zero-order chi connectivity index (χ0) is 16.9. The van der Waals surface area contributed by atoms with E-state index in [2.05, 4.69) is 0 Å². The Morgan fingerprint density at radius 3 is 2.26 bits per heavy atom. The van der Waals surface area contributed by atoms with E-state index in [4.69, 9.17) is 4.74 Å². The third-order valence-corrected chi connectivity index (χ3v) is 4.92. The molecule has 0 aliphatic rings. The number of nitrogens with zero attached hydrogens (tertiary/aromatic N) is 2. The lowest BCUT2D eigenvalue weighted by atomic mass is 10.3. The van der Waals surface area contributed by atoms with Crippen LogP contribution in [0.4, 0.5) is 11.4 Å². The number of hydrogen-bond acceptors (Lipinski definition) is 5. The third kappa shape index (κ3) is 4.43. The smallest absolute Gasteiger partial charge is 0.269 e. The standard InChI is InChI=1S/C15H16N2O5S/c1-16(13-5-3-2-4-6-13)23(20,21)12-11-22-15-9-7-14(8-10-15)17(18)19/h2-10H,11-12H2,1H3. The van der Waals surface area contributed by atoms with Gasteiger partial charge in [-0.25, -0.2) is 8.42 Å². The van der Waals surface area contributed by atoms with Gasteiger partial charge in [0, 0.05) is 19.2 Å². The van der Waals surface area contributed by atoms with E-state index < -0.39 is 14.9 Å². The molecule has 0 spiro atoms. The zero-order valence-electron chi connectivity index (χ0n) is 12.5. The van der Waals surface area contributed by atoms with E-state index in [1.165, 1.54) is 35.6 Å². The van der Waals surface area contributed by atoms with E-state index in [0.717, 1.165) is 0 Å². The molecular weight excluding hydrogens is 320 g/mol. The summed E-state index contributed by atoms with van der Waals surface area (Å²) >= 11 is 0. The van der Waals surface area contributed by atoms with Crippen LogP contribution in [0.25, 0.3) is 0 Å². The molecular formula is C15H16N2O5S. The Bertz CT molecular complexity index is 760. The highest BCUT2D eigenvalue weighted by molar-refractivity contribution is 7.92. The Morgan fingerprint density at radius 2 is 1.70 bits per heavy atom. The first-order valence-electron chi connectivity index (χ1n) is 6.79. The van der Waals surface area contributed by atoms with Crippen molar-refractivity contribution in [1.29, 1.82) is 0 Å². The van der Waals surface area contributed by atoms with Crippen LogP contribution in [0.3, 0.4) is 0 Å². The lowest BCUT2D eigenvalue weighted by Crippen LogP contribution is -2.31. The normalized spacial score (nSPS) is 11.0. The number of benzene rings is 2. The number of para-hydroxylation sites is 1. The van der Waals surface area contributed by atoms with Crippen LogP contribution in [0.15, 0.2) is 54.6 Å². The van der Waals surface area contributed by atoms with Gasteiger partial charge in [0.2, 0.25) is 10.0 Å². The summed E-state index contributed by atoms with van der Waals surface area (Å²) in [6.45, 7) is -0.0443. The lowest BCUT2D eigenvalue weighted by molar-refractivity contribution is -0.384. The highest BCUT2D eigenvalue weighted by Gasteiger charge is 2.18. The van der Waals surface area contributed by atoms with Crippen LogP contribution in [-0.4, -0.2) is 32.7 Å². The third-order valence-electron chi connectivity index (χ3n) is 3.19. The van der Waals surface area contributed by atoms with Crippen LogP contribution >= 0.6 is 0 Å². The first-order chi connectivity index (χ1) is 10.9. The van der Waals surface area contributed by atoms with Gasteiger partial charge in [-0.2, -0.15) is 0 Å². The van der Waals surface area contributed by atoms with Gasteiger partial charge in [0.05, 0.1) is 10.6 Å². The zero-order valence-corrected chi connectivity index (χ0v) is 13.3. The van der Waals surface area contributed by atoms with Crippen LogP contribution < -0.4 is 9.04 Å². The number of hydrogen-bond donors (Lipinski definition) is 0. The number of nitro groups is 1. The molecule has 0 saturated carbocycles. The molecule has 2 aromatic rings. The maximum Gasteiger partial charge on any atom is 0.269 e. The molecule has 122 valence electrons. The predicted octanol–water partition coefficient (Wildman–Crippen LogP) is 2.44. The van der Waals surface area contributed by atoms with Crippen LogP contribution in [0.1, 0.15) is 0 Å². The first kappa shape index (κ1) is 16.8. The minimum Gasteiger partial charge on any atom is -0.492 e. The highest BCUT2D eigenvalue weighted by atomic mass is 32.2. The topological polar surface area (TPSA) is 89.8 Å². The molecule has 0 N–H and O–H groups in total. The summed E-state index contributed by atoms with van der Waals surface area (Å²) in [6, 6.07) is 14.2. The molecule has 0 saturated heterocycles. The van der Waals surface area contributed by atoms with Crippen molar-refractivity contribution in [3.05, 3.63) is 64.7 Å². The summed E-state index contributed by atoms with van der Waals surface area (Å²) < 4.78 is 31.0. The number of anilines is 1. The number of sulfonamides is 1. The van der Waals surface area contributed by atoms with E-state index in [-0.39, 0.29) is 18.0 Å². The molecule has 0 radical (unpaired) electrons. The van der Waals surface area contributed by atoms with E-state index >= 15 is 0 Å². The van der Waals surface area contributed by atoms with Crippen molar-refractivity contribution < 1.29 is 18.1 Å². The van der Waals surface area contributed by atoms with E-state index in [1.807, 2.05) is 6.07 Å². The molecule has 7 nitrogen and oxygen atoms in total. The Balaban J connectivity index is 1.93. The second-order valence-electron chi connectivity index (χ2n) is 4.72. The molecule has 0 unspecified atom stereocenters. The van der Waals surface area contributed by atoms with Gasteiger partial charge in [0.25, 0.3) is 5.69 Å². The molecule has 0 heterocycles. The van der Waals surface area contributed by atoms with Gasteiger partial charge >= 0.3 is 0 Å². The lowest BCUT2D eigenvalue weighted by Gasteiger charge is -2.19. The average Bonchev–Trinajstić information content (AvgIpc) is 2.55. The second kappa shape index (κ2) is 7.10. The largest absolute Gasteiger partial charge is 0.492 e. The van der Waals surface area contributed by atoms with Crippen LogP contribution in [0, 0.1) is 10.1 Å². The van der Waals surface area contributed by atoms with Gasteiger partial charge < -0.3 is 4.74 Å². The van der Waals surface area contributed by atoms with Crippen LogP contribution in [-0.2, 0) is 10.0 Å². The average molecular weight is 336 g/mol. The van der Waals surface area contributed by atoms with Crippen molar-refractivity contribution in [2.24, 2.45) is 0 Å². The molecule has 2 rings (SSSR count). The first-order valence-corrected chi connectivity index (χ1v) is 8.40. The monoisotopic (exact) mass is 336 g/mol. The molecule has 0 atom stereocenters. The molecule has 8 heteroatoms. The van der Waals surface area contributed by atoms with Crippen LogP contribution in [0.5, 0.6) is 5.75 Å². The van der Waals surface area contributed by atoms with Gasteiger partial charge in [0.1, 0.15) is 18.1 Å². The Morgan fingerprint density at radius 1 is 1.09 bits per heavy atom. The van der Waals surface area contributed by atoms with Crippen molar-refractivity contribution in [3.63, 3.8) is 0 Å². The van der Waals surface area contributed by atoms with Crippen molar-refractivity contribution in [2.45, 2.75) is 0 Å². The maximum atomic E-state index is 12.2. The molecule has 0 aliphatic heterocycles. The Labute approximate surface area is 134 Å². The summed E-state index contributed by atoms with van der Waals surface area (Å²) in [4.78, 5) is 10.0. The number of ether oxygens (including phenoxy) is 1. The van der Waals surface area contributed by atoms with Gasteiger partial charge in [-0.3, -0.25) is 14.4 Å². The molecule has 23 heavy (non-hydrogen) atoms. The molecule has 0 aromatic heterocycles. The summed E-state index contributed by atoms with van der Waals surface area (Å²) in [7, 11) is -2.02. The predicted molar refractivity (Wildman–Crippen MR) is 87.2 cm³/mol. The maximum absolute atomic E-state index is 12.2. The van der Waals surface area contributed by atoms with E-state index in [9.17, 15) is 18.5 Å². The number of rotatable bonds is 7.